The van der Waals surface area contributed by atoms with Gasteiger partial charge in [-0.05, 0) is 18.1 Å². The molecule has 0 aromatic carbocycles. The van der Waals surface area contributed by atoms with Crippen LogP contribution in [0, 0.1) is 0 Å². The van der Waals surface area contributed by atoms with Gasteiger partial charge in [0.25, 0.3) is 6.43 Å². The van der Waals surface area contributed by atoms with E-state index >= 15 is 0 Å². The van der Waals surface area contributed by atoms with Crippen molar-refractivity contribution in [3.8, 4) is 11.3 Å². The molecule has 2 aromatic heterocycles. The van der Waals surface area contributed by atoms with Crippen LogP contribution in [0.5, 0.6) is 0 Å². The lowest BCUT2D eigenvalue weighted by molar-refractivity contribution is 0.122. The molecule has 0 spiro atoms. The minimum atomic E-state index is -2.69. The van der Waals surface area contributed by atoms with E-state index in [1.807, 2.05) is 4.90 Å². The number of rotatable bonds is 4. The highest BCUT2D eigenvalue weighted by Gasteiger charge is 2.28. The van der Waals surface area contributed by atoms with Crippen molar-refractivity contribution in [3.05, 3.63) is 35.5 Å². The fourth-order valence-electron chi connectivity index (χ4n) is 4.08. The highest BCUT2D eigenvalue weighted by molar-refractivity contribution is 6.07. The number of aliphatic imine (C=N–C) groups is 1. The third-order valence-electron chi connectivity index (χ3n) is 5.68. The van der Waals surface area contributed by atoms with Gasteiger partial charge in [0.05, 0.1) is 31.2 Å². The third kappa shape index (κ3) is 3.95. The molecule has 8 nitrogen and oxygen atoms in total. The smallest absolute Gasteiger partial charge is 0.264 e. The van der Waals surface area contributed by atoms with Gasteiger partial charge in [0.1, 0.15) is 11.6 Å². The van der Waals surface area contributed by atoms with E-state index in [1.165, 1.54) is 17.8 Å². The lowest BCUT2D eigenvalue weighted by Gasteiger charge is -2.28. The van der Waals surface area contributed by atoms with E-state index in [2.05, 4.69) is 25.9 Å². The zero-order valence-corrected chi connectivity index (χ0v) is 17.0. The summed E-state index contributed by atoms with van der Waals surface area (Å²) in [5, 5.41) is 0. The first kappa shape index (κ1) is 19.8. The Balaban J connectivity index is 1.59. The quantitative estimate of drug-likeness (QED) is 0.801. The van der Waals surface area contributed by atoms with Crippen molar-refractivity contribution >= 4 is 23.3 Å². The number of hydrogen-bond donors (Lipinski definition) is 1. The molecule has 0 bridgehead atoms. The van der Waals surface area contributed by atoms with Crippen LogP contribution in [0.1, 0.15) is 18.4 Å². The number of hydrogen-bond acceptors (Lipinski definition) is 8. The molecule has 5 heterocycles. The minimum absolute atomic E-state index is 0.0512. The van der Waals surface area contributed by atoms with Gasteiger partial charge in [-0.2, -0.15) is 4.98 Å². The number of morpholine rings is 1. The molecule has 0 amide bonds. The molecular weight excluding hydrogens is 404 g/mol. The Bertz CT molecular complexity index is 1030. The number of alkyl halides is 2. The van der Waals surface area contributed by atoms with Crippen LogP contribution >= 0.6 is 0 Å². The maximum atomic E-state index is 13.8. The van der Waals surface area contributed by atoms with Crippen LogP contribution in [0.15, 0.2) is 35.0 Å². The van der Waals surface area contributed by atoms with E-state index < -0.39 is 6.43 Å². The Labute approximate surface area is 178 Å². The number of pyridine rings is 1. The Morgan fingerprint density at radius 3 is 2.68 bits per heavy atom. The molecule has 10 heteroatoms. The Kier molecular flexibility index (Phi) is 5.23. The van der Waals surface area contributed by atoms with Crippen molar-refractivity contribution in [3.63, 3.8) is 0 Å². The molecule has 0 aliphatic carbocycles. The SMILES string of the molecule is Nc1cc(C(F)F)c(-c2cc(N3CC4=CCCN=C4C3)nc(N3CCOCC3)n2)cn1. The maximum absolute atomic E-state index is 13.8. The molecular formula is C21H23F2N7O. The van der Waals surface area contributed by atoms with Gasteiger partial charge >= 0.3 is 0 Å². The molecule has 0 unspecified atom stereocenters. The van der Waals surface area contributed by atoms with Crippen LogP contribution in [0.3, 0.4) is 0 Å². The van der Waals surface area contributed by atoms with E-state index in [9.17, 15) is 8.78 Å². The number of dihydropyridines is 1. The molecule has 0 saturated carbocycles. The van der Waals surface area contributed by atoms with Crippen molar-refractivity contribution in [2.75, 3.05) is 61.5 Å². The Morgan fingerprint density at radius 2 is 1.90 bits per heavy atom. The zero-order chi connectivity index (χ0) is 21.4. The van der Waals surface area contributed by atoms with Crippen molar-refractivity contribution in [1.29, 1.82) is 0 Å². The van der Waals surface area contributed by atoms with Crippen LogP contribution < -0.4 is 15.5 Å². The highest BCUT2D eigenvalue weighted by Crippen LogP contribution is 2.34. The normalized spacial score (nSPS) is 18.8. The van der Waals surface area contributed by atoms with Gasteiger partial charge in [0, 0.05) is 49.6 Å². The van der Waals surface area contributed by atoms with Gasteiger partial charge in [-0.15, -0.1) is 0 Å². The summed E-state index contributed by atoms with van der Waals surface area (Å²) in [7, 11) is 0. The van der Waals surface area contributed by atoms with Crippen LogP contribution in [-0.4, -0.2) is 66.6 Å². The minimum Gasteiger partial charge on any atom is -0.384 e. The number of ether oxygens (including phenoxy) is 1. The van der Waals surface area contributed by atoms with E-state index in [0.717, 1.165) is 18.7 Å². The number of fused-ring (bicyclic) bond motifs is 1. The number of aromatic nitrogens is 3. The second-order valence-electron chi connectivity index (χ2n) is 7.71. The number of anilines is 3. The summed E-state index contributed by atoms with van der Waals surface area (Å²) in [5.41, 5.74) is 8.42. The zero-order valence-electron chi connectivity index (χ0n) is 17.0. The van der Waals surface area contributed by atoms with Crippen molar-refractivity contribution in [2.24, 2.45) is 4.99 Å². The summed E-state index contributed by atoms with van der Waals surface area (Å²) in [6.45, 7) is 4.57. The predicted molar refractivity (Wildman–Crippen MR) is 115 cm³/mol. The number of nitrogens with two attached hydrogens (primary N) is 1. The molecule has 3 aliphatic rings. The lowest BCUT2D eigenvalue weighted by Crippen LogP contribution is -2.37. The van der Waals surface area contributed by atoms with E-state index in [1.54, 1.807) is 6.07 Å². The van der Waals surface area contributed by atoms with Crippen molar-refractivity contribution < 1.29 is 13.5 Å². The summed E-state index contributed by atoms with van der Waals surface area (Å²) in [6, 6.07) is 2.96. The summed E-state index contributed by atoms with van der Waals surface area (Å²) in [5.74, 6) is 1.23. The van der Waals surface area contributed by atoms with Gasteiger partial charge in [0.15, 0.2) is 0 Å². The van der Waals surface area contributed by atoms with Crippen molar-refractivity contribution in [1.82, 2.24) is 15.0 Å². The first-order valence-electron chi connectivity index (χ1n) is 10.3. The average molecular weight is 427 g/mol. The molecule has 162 valence electrons. The second kappa shape index (κ2) is 8.18. The molecule has 0 radical (unpaired) electrons. The fraction of sp³-hybridized carbons (Fsp3) is 0.429. The second-order valence-corrected chi connectivity index (χ2v) is 7.71. The Morgan fingerprint density at radius 1 is 1.06 bits per heavy atom. The summed E-state index contributed by atoms with van der Waals surface area (Å²) >= 11 is 0. The molecule has 31 heavy (non-hydrogen) atoms. The van der Waals surface area contributed by atoms with Crippen LogP contribution in [0.25, 0.3) is 11.3 Å². The van der Waals surface area contributed by atoms with Crippen molar-refractivity contribution in [2.45, 2.75) is 12.8 Å². The molecule has 2 saturated heterocycles. The molecule has 0 atom stereocenters. The summed E-state index contributed by atoms with van der Waals surface area (Å²) in [4.78, 5) is 22.2. The molecule has 2 fully saturated rings. The number of nitrogen functional groups attached to an aromatic ring is 1. The van der Waals surface area contributed by atoms with Gasteiger partial charge in [-0.25, -0.2) is 18.7 Å². The van der Waals surface area contributed by atoms with Crippen LogP contribution in [-0.2, 0) is 4.74 Å². The fourth-order valence-corrected chi connectivity index (χ4v) is 4.08. The maximum Gasteiger partial charge on any atom is 0.264 e. The molecule has 2 aromatic rings. The standard InChI is InChI=1S/C21H23F2N7O/c22-20(23)14-8-18(24)26-10-15(14)16-9-19(28-21(27-16)29-4-6-31-7-5-29)30-11-13-2-1-3-25-17(13)12-30/h2,8-10,20H,1,3-7,11-12H2,(H2,24,26). The topological polar surface area (TPSA) is 92.8 Å². The van der Waals surface area contributed by atoms with Crippen LogP contribution in [0.4, 0.5) is 26.4 Å². The molecule has 2 N–H and O–H groups in total. The largest absolute Gasteiger partial charge is 0.384 e. The highest BCUT2D eigenvalue weighted by atomic mass is 19.3. The van der Waals surface area contributed by atoms with Gasteiger partial charge in [-0.3, -0.25) is 4.99 Å². The first-order valence-corrected chi connectivity index (χ1v) is 10.3. The van der Waals surface area contributed by atoms with E-state index in [4.69, 9.17) is 15.5 Å². The van der Waals surface area contributed by atoms with Gasteiger partial charge in [0.2, 0.25) is 5.95 Å². The summed E-state index contributed by atoms with van der Waals surface area (Å²) < 4.78 is 33.0. The molecule has 5 rings (SSSR count). The predicted octanol–water partition coefficient (Wildman–Crippen LogP) is 2.49. The van der Waals surface area contributed by atoms with Crippen LogP contribution in [0.2, 0.25) is 0 Å². The third-order valence-corrected chi connectivity index (χ3v) is 5.68. The van der Waals surface area contributed by atoms with Gasteiger partial charge in [-0.1, -0.05) is 6.08 Å². The monoisotopic (exact) mass is 427 g/mol. The summed E-state index contributed by atoms with van der Waals surface area (Å²) in [6.07, 6.45) is 1.82. The Hall–Kier alpha value is -3.14. The van der Waals surface area contributed by atoms with Gasteiger partial charge < -0.3 is 20.3 Å². The lowest BCUT2D eigenvalue weighted by atomic mass is 10.1. The van der Waals surface area contributed by atoms with E-state index in [-0.39, 0.29) is 16.9 Å². The number of halogens is 2. The first-order chi connectivity index (χ1) is 15.1. The molecule has 3 aliphatic heterocycles. The average Bonchev–Trinajstić information content (AvgIpc) is 3.24. The number of nitrogens with zero attached hydrogens (tertiary/aromatic N) is 6. The van der Waals surface area contributed by atoms with E-state index in [0.29, 0.717) is 56.9 Å².